The van der Waals surface area contributed by atoms with Crippen molar-refractivity contribution in [3.63, 3.8) is 0 Å². The van der Waals surface area contributed by atoms with E-state index in [-0.39, 0.29) is 6.61 Å². The zero-order valence-corrected chi connectivity index (χ0v) is 9.25. The number of esters is 1. The SMILES string of the molecule is CCOC(=O)c1c(C#N)cc(F)cc1OC(F)F. The Morgan fingerprint density at radius 2 is 2.17 bits per heavy atom. The van der Waals surface area contributed by atoms with E-state index < -0.39 is 35.3 Å². The average Bonchev–Trinajstić information content (AvgIpc) is 2.27. The summed E-state index contributed by atoms with van der Waals surface area (Å²) in [5, 5.41) is 8.75. The van der Waals surface area contributed by atoms with Crippen molar-refractivity contribution in [3.8, 4) is 11.8 Å². The molecule has 0 aromatic heterocycles. The van der Waals surface area contributed by atoms with Gasteiger partial charge >= 0.3 is 12.6 Å². The number of carbonyl (C=O) groups is 1. The lowest BCUT2D eigenvalue weighted by Crippen LogP contribution is -2.13. The van der Waals surface area contributed by atoms with Crippen LogP contribution in [0.15, 0.2) is 12.1 Å². The number of ether oxygens (including phenoxy) is 2. The Morgan fingerprint density at radius 3 is 2.67 bits per heavy atom. The monoisotopic (exact) mass is 259 g/mol. The molecule has 1 rings (SSSR count). The highest BCUT2D eigenvalue weighted by molar-refractivity contribution is 5.95. The summed E-state index contributed by atoms with van der Waals surface area (Å²) in [6, 6.07) is 2.86. The molecule has 0 aliphatic heterocycles. The van der Waals surface area contributed by atoms with Crippen LogP contribution in [0.25, 0.3) is 0 Å². The molecule has 18 heavy (non-hydrogen) atoms. The van der Waals surface area contributed by atoms with Crippen molar-refractivity contribution in [1.29, 1.82) is 5.26 Å². The van der Waals surface area contributed by atoms with Gasteiger partial charge in [0.25, 0.3) is 0 Å². The summed E-state index contributed by atoms with van der Waals surface area (Å²) in [6.07, 6.45) is 0. The van der Waals surface area contributed by atoms with Crippen LogP contribution in [0.5, 0.6) is 5.75 Å². The molecule has 96 valence electrons. The fourth-order valence-corrected chi connectivity index (χ4v) is 1.27. The number of halogens is 3. The number of nitriles is 1. The second kappa shape index (κ2) is 5.91. The Hall–Kier alpha value is -2.23. The van der Waals surface area contributed by atoms with Gasteiger partial charge in [-0.2, -0.15) is 14.0 Å². The molecule has 0 atom stereocenters. The van der Waals surface area contributed by atoms with Crippen LogP contribution < -0.4 is 4.74 Å². The van der Waals surface area contributed by atoms with Gasteiger partial charge in [-0.1, -0.05) is 0 Å². The zero-order valence-electron chi connectivity index (χ0n) is 9.25. The molecule has 0 aliphatic rings. The predicted molar refractivity (Wildman–Crippen MR) is 53.7 cm³/mol. The van der Waals surface area contributed by atoms with E-state index in [0.717, 1.165) is 6.07 Å². The molecule has 0 saturated heterocycles. The Morgan fingerprint density at radius 1 is 1.50 bits per heavy atom. The Kier molecular flexibility index (Phi) is 4.54. The van der Waals surface area contributed by atoms with Crippen LogP contribution in [0, 0.1) is 17.1 Å². The van der Waals surface area contributed by atoms with Crippen LogP contribution >= 0.6 is 0 Å². The molecule has 0 unspecified atom stereocenters. The van der Waals surface area contributed by atoms with Crippen molar-refractivity contribution >= 4 is 5.97 Å². The molecular formula is C11H8F3NO3. The summed E-state index contributed by atoms with van der Waals surface area (Å²) < 4.78 is 45.9. The van der Waals surface area contributed by atoms with E-state index in [1.165, 1.54) is 13.0 Å². The highest BCUT2D eigenvalue weighted by Crippen LogP contribution is 2.26. The molecule has 0 fully saturated rings. The average molecular weight is 259 g/mol. The smallest absolute Gasteiger partial charge is 0.387 e. The molecule has 7 heteroatoms. The highest BCUT2D eigenvalue weighted by atomic mass is 19.3. The Bertz CT molecular complexity index is 497. The molecular weight excluding hydrogens is 251 g/mol. The van der Waals surface area contributed by atoms with Gasteiger partial charge < -0.3 is 9.47 Å². The van der Waals surface area contributed by atoms with Crippen molar-refractivity contribution in [2.75, 3.05) is 6.61 Å². The quantitative estimate of drug-likeness (QED) is 0.779. The highest BCUT2D eigenvalue weighted by Gasteiger charge is 2.22. The molecule has 1 aromatic rings. The first-order valence-electron chi connectivity index (χ1n) is 4.85. The summed E-state index contributed by atoms with van der Waals surface area (Å²) in [7, 11) is 0. The van der Waals surface area contributed by atoms with Gasteiger partial charge in [0.05, 0.1) is 12.2 Å². The van der Waals surface area contributed by atoms with Gasteiger partial charge in [0.2, 0.25) is 0 Å². The van der Waals surface area contributed by atoms with E-state index in [0.29, 0.717) is 6.07 Å². The maximum atomic E-state index is 13.1. The van der Waals surface area contributed by atoms with E-state index in [1.54, 1.807) is 0 Å². The standard InChI is InChI=1S/C11H8F3NO3/c1-2-17-10(16)9-6(5-15)3-7(12)4-8(9)18-11(13)14/h3-4,11H,2H2,1H3. The summed E-state index contributed by atoms with van der Waals surface area (Å²) >= 11 is 0. The molecule has 0 amide bonds. The molecule has 4 nitrogen and oxygen atoms in total. The molecule has 1 aromatic carbocycles. The second-order valence-corrected chi connectivity index (χ2v) is 3.04. The first-order valence-corrected chi connectivity index (χ1v) is 4.85. The largest absolute Gasteiger partial charge is 0.462 e. The number of hydrogen-bond acceptors (Lipinski definition) is 4. The van der Waals surface area contributed by atoms with Crippen LogP contribution in [-0.2, 0) is 4.74 Å². The Labute approximate surface area is 101 Å². The van der Waals surface area contributed by atoms with Crippen LogP contribution in [-0.4, -0.2) is 19.2 Å². The molecule has 0 heterocycles. The topological polar surface area (TPSA) is 59.3 Å². The fraction of sp³-hybridized carbons (Fsp3) is 0.273. The number of hydrogen-bond donors (Lipinski definition) is 0. The minimum absolute atomic E-state index is 0.0187. The van der Waals surface area contributed by atoms with Gasteiger partial charge in [-0.15, -0.1) is 0 Å². The maximum absolute atomic E-state index is 13.1. The third-order valence-electron chi connectivity index (χ3n) is 1.88. The third-order valence-corrected chi connectivity index (χ3v) is 1.88. The fourth-order valence-electron chi connectivity index (χ4n) is 1.27. The lowest BCUT2D eigenvalue weighted by Gasteiger charge is -2.11. The van der Waals surface area contributed by atoms with Crippen LogP contribution in [0.1, 0.15) is 22.8 Å². The summed E-state index contributed by atoms with van der Waals surface area (Å²) in [5.74, 6) is -2.71. The molecule has 0 N–H and O–H groups in total. The number of rotatable bonds is 4. The number of carbonyl (C=O) groups excluding carboxylic acids is 1. The van der Waals surface area contributed by atoms with Gasteiger partial charge in [0.15, 0.2) is 0 Å². The summed E-state index contributed by atoms with van der Waals surface area (Å²) in [5.41, 5.74) is -0.940. The van der Waals surface area contributed by atoms with Gasteiger partial charge in [-0.3, -0.25) is 0 Å². The lowest BCUT2D eigenvalue weighted by molar-refractivity contribution is -0.0506. The van der Waals surface area contributed by atoms with E-state index in [4.69, 9.17) is 5.26 Å². The van der Waals surface area contributed by atoms with Crippen LogP contribution in [0.2, 0.25) is 0 Å². The normalized spacial score (nSPS) is 10.0. The summed E-state index contributed by atoms with van der Waals surface area (Å²) in [6.45, 7) is -1.76. The van der Waals surface area contributed by atoms with Gasteiger partial charge in [-0.05, 0) is 13.0 Å². The third kappa shape index (κ3) is 3.13. The first kappa shape index (κ1) is 13.8. The minimum atomic E-state index is -3.24. The van der Waals surface area contributed by atoms with E-state index in [9.17, 15) is 18.0 Å². The number of alkyl halides is 2. The van der Waals surface area contributed by atoms with E-state index in [2.05, 4.69) is 9.47 Å². The van der Waals surface area contributed by atoms with E-state index in [1.807, 2.05) is 0 Å². The Balaban J connectivity index is 3.33. The van der Waals surface area contributed by atoms with Gasteiger partial charge in [0, 0.05) is 6.07 Å². The first-order chi connectivity index (χ1) is 8.49. The molecule has 0 saturated carbocycles. The molecule has 0 aliphatic carbocycles. The molecule has 0 spiro atoms. The van der Waals surface area contributed by atoms with Crippen molar-refractivity contribution in [1.82, 2.24) is 0 Å². The predicted octanol–water partition coefficient (Wildman–Crippen LogP) is 2.48. The van der Waals surface area contributed by atoms with Crippen molar-refractivity contribution in [2.45, 2.75) is 13.5 Å². The van der Waals surface area contributed by atoms with Gasteiger partial charge in [-0.25, -0.2) is 9.18 Å². The van der Waals surface area contributed by atoms with Crippen molar-refractivity contribution in [3.05, 3.63) is 29.1 Å². The molecule has 0 bridgehead atoms. The minimum Gasteiger partial charge on any atom is -0.462 e. The zero-order chi connectivity index (χ0) is 13.7. The second-order valence-electron chi connectivity index (χ2n) is 3.04. The van der Waals surface area contributed by atoms with Crippen molar-refractivity contribution < 1.29 is 27.4 Å². The number of nitrogens with zero attached hydrogens (tertiary/aromatic N) is 1. The van der Waals surface area contributed by atoms with Crippen LogP contribution in [0.4, 0.5) is 13.2 Å². The summed E-state index contributed by atoms with van der Waals surface area (Å²) in [4.78, 5) is 11.5. The van der Waals surface area contributed by atoms with Crippen LogP contribution in [0.3, 0.4) is 0 Å². The van der Waals surface area contributed by atoms with E-state index >= 15 is 0 Å². The maximum Gasteiger partial charge on any atom is 0.387 e. The molecule has 0 radical (unpaired) electrons. The van der Waals surface area contributed by atoms with Gasteiger partial charge in [0.1, 0.15) is 23.2 Å². The van der Waals surface area contributed by atoms with Crippen molar-refractivity contribution in [2.24, 2.45) is 0 Å². The number of benzene rings is 1. The lowest BCUT2D eigenvalue weighted by atomic mass is 10.1.